The third-order valence-corrected chi connectivity index (χ3v) is 1.77. The zero-order valence-corrected chi connectivity index (χ0v) is 10.8. The lowest BCUT2D eigenvalue weighted by atomic mass is 10.1. The van der Waals surface area contributed by atoms with Crippen LogP contribution >= 0.6 is 0 Å². The molecule has 0 heterocycles. The summed E-state index contributed by atoms with van der Waals surface area (Å²) in [5, 5.41) is 0. The van der Waals surface area contributed by atoms with E-state index in [1.54, 1.807) is 6.21 Å². The fraction of sp³-hybridized carbons (Fsp3) is 0.667. The van der Waals surface area contributed by atoms with Gasteiger partial charge in [0.1, 0.15) is 11.6 Å². The first-order valence-electron chi connectivity index (χ1n) is 5.42. The van der Waals surface area contributed by atoms with Gasteiger partial charge in [0.05, 0.1) is 0 Å². The Hall–Kier alpha value is -1.16. The van der Waals surface area contributed by atoms with Crippen LogP contribution in [0, 0.1) is 0 Å². The summed E-state index contributed by atoms with van der Waals surface area (Å²) >= 11 is 0. The van der Waals surface area contributed by atoms with E-state index in [4.69, 9.17) is 10.5 Å². The summed E-state index contributed by atoms with van der Waals surface area (Å²) in [6.07, 6.45) is 3.91. The van der Waals surface area contributed by atoms with Crippen LogP contribution in [0.5, 0.6) is 0 Å². The van der Waals surface area contributed by atoms with Crippen LogP contribution < -0.4 is 5.73 Å². The second-order valence-electron chi connectivity index (χ2n) is 4.51. The number of aliphatic imine (C=N–C) groups is 1. The molecule has 0 aliphatic carbocycles. The Morgan fingerprint density at radius 3 is 2.38 bits per heavy atom. The van der Waals surface area contributed by atoms with Crippen molar-refractivity contribution >= 4 is 12.2 Å². The minimum absolute atomic E-state index is 0.391. The van der Waals surface area contributed by atoms with E-state index >= 15 is 0 Å². The van der Waals surface area contributed by atoms with Crippen molar-refractivity contribution in [2.45, 2.75) is 52.7 Å². The van der Waals surface area contributed by atoms with E-state index < -0.39 is 17.6 Å². The quantitative estimate of drug-likeness (QED) is 0.589. The first-order valence-corrected chi connectivity index (χ1v) is 5.42. The molecule has 0 fully saturated rings. The molecule has 0 aliphatic heterocycles. The molecule has 92 valence electrons. The maximum Gasteiger partial charge on any atom is 0.323 e. The average Bonchev–Trinajstić information content (AvgIpc) is 2.14. The Bertz CT molecular complexity index is 288. The van der Waals surface area contributed by atoms with Crippen molar-refractivity contribution < 1.29 is 9.53 Å². The van der Waals surface area contributed by atoms with E-state index in [-0.39, 0.29) is 0 Å². The van der Waals surface area contributed by atoms with Gasteiger partial charge in [-0.2, -0.15) is 0 Å². The summed E-state index contributed by atoms with van der Waals surface area (Å²) in [5.41, 5.74) is 6.03. The molecule has 1 atom stereocenters. The van der Waals surface area contributed by atoms with E-state index in [1.807, 2.05) is 40.7 Å². The summed E-state index contributed by atoms with van der Waals surface area (Å²) in [4.78, 5) is 15.7. The molecule has 0 radical (unpaired) electrons. The Labute approximate surface area is 97.6 Å². The van der Waals surface area contributed by atoms with Crippen LogP contribution in [-0.4, -0.2) is 23.8 Å². The molecule has 0 aliphatic rings. The van der Waals surface area contributed by atoms with Gasteiger partial charge in [0, 0.05) is 18.3 Å². The third-order valence-electron chi connectivity index (χ3n) is 1.77. The minimum Gasteiger partial charge on any atom is -0.459 e. The second-order valence-corrected chi connectivity index (χ2v) is 4.51. The average molecular weight is 226 g/mol. The normalized spacial score (nSPS) is 15.2. The molecule has 0 spiro atoms. The van der Waals surface area contributed by atoms with Gasteiger partial charge in [0.25, 0.3) is 0 Å². The smallest absolute Gasteiger partial charge is 0.323 e. The van der Waals surface area contributed by atoms with Gasteiger partial charge in [-0.15, -0.1) is 0 Å². The standard InChI is InChI=1S/C12H22N2O2/c1-6-9(14-7-2)8-10(13)11(15)16-12(3,4)5/h6-7,10H,8,13H2,1-5H3/b9-6-,14-7-/t10-/m0/s1. The topological polar surface area (TPSA) is 64.7 Å². The number of carbonyl (C=O) groups excluding carboxylic acids is 1. The van der Waals surface area contributed by atoms with Crippen molar-refractivity contribution in [2.75, 3.05) is 0 Å². The van der Waals surface area contributed by atoms with Crippen molar-refractivity contribution in [2.24, 2.45) is 10.7 Å². The highest BCUT2D eigenvalue weighted by atomic mass is 16.6. The molecule has 2 N–H and O–H groups in total. The van der Waals surface area contributed by atoms with Crippen LogP contribution in [0.4, 0.5) is 0 Å². The maximum atomic E-state index is 11.6. The first kappa shape index (κ1) is 14.8. The van der Waals surface area contributed by atoms with Gasteiger partial charge in [-0.05, 0) is 34.6 Å². The molecule has 4 heteroatoms. The number of esters is 1. The Morgan fingerprint density at radius 1 is 1.44 bits per heavy atom. The van der Waals surface area contributed by atoms with Gasteiger partial charge in [-0.25, -0.2) is 0 Å². The van der Waals surface area contributed by atoms with E-state index in [2.05, 4.69) is 4.99 Å². The molecule has 0 amide bonds. The molecule has 0 bridgehead atoms. The van der Waals surface area contributed by atoms with Crippen molar-refractivity contribution in [3.63, 3.8) is 0 Å². The van der Waals surface area contributed by atoms with E-state index in [1.165, 1.54) is 0 Å². The van der Waals surface area contributed by atoms with Crippen LogP contribution in [0.3, 0.4) is 0 Å². The van der Waals surface area contributed by atoms with Gasteiger partial charge in [0.2, 0.25) is 0 Å². The van der Waals surface area contributed by atoms with E-state index in [0.717, 1.165) is 5.70 Å². The largest absolute Gasteiger partial charge is 0.459 e. The number of carbonyl (C=O) groups is 1. The van der Waals surface area contributed by atoms with Crippen molar-refractivity contribution in [3.05, 3.63) is 11.8 Å². The summed E-state index contributed by atoms with van der Waals surface area (Å²) in [6, 6.07) is -0.658. The zero-order chi connectivity index (χ0) is 12.8. The summed E-state index contributed by atoms with van der Waals surface area (Å²) in [5.74, 6) is -0.391. The highest BCUT2D eigenvalue weighted by molar-refractivity contribution is 5.76. The molecule has 16 heavy (non-hydrogen) atoms. The Morgan fingerprint density at radius 2 is 2.00 bits per heavy atom. The Kier molecular flexibility index (Phi) is 5.96. The SMILES string of the molecule is C/C=N\C(=C/C)C[C@H](N)C(=O)OC(C)(C)C. The maximum absolute atomic E-state index is 11.6. The van der Waals surface area contributed by atoms with Gasteiger partial charge >= 0.3 is 5.97 Å². The molecule has 0 unspecified atom stereocenters. The number of nitrogens with two attached hydrogens (primary N) is 1. The van der Waals surface area contributed by atoms with Crippen LogP contribution in [0.2, 0.25) is 0 Å². The lowest BCUT2D eigenvalue weighted by molar-refractivity contribution is -0.156. The minimum atomic E-state index is -0.658. The van der Waals surface area contributed by atoms with Gasteiger partial charge in [0.15, 0.2) is 0 Å². The van der Waals surface area contributed by atoms with Crippen LogP contribution in [0.1, 0.15) is 41.0 Å². The Balaban J connectivity index is 4.36. The van der Waals surface area contributed by atoms with Crippen LogP contribution in [-0.2, 0) is 9.53 Å². The third kappa shape index (κ3) is 6.35. The molecule has 0 saturated carbocycles. The first-order chi connectivity index (χ1) is 7.30. The van der Waals surface area contributed by atoms with Crippen molar-refractivity contribution in [1.82, 2.24) is 0 Å². The van der Waals surface area contributed by atoms with Gasteiger partial charge in [-0.1, -0.05) is 6.08 Å². The molecular weight excluding hydrogens is 204 g/mol. The zero-order valence-electron chi connectivity index (χ0n) is 10.8. The fourth-order valence-corrected chi connectivity index (χ4v) is 1.10. The summed E-state index contributed by atoms with van der Waals surface area (Å²) in [7, 11) is 0. The van der Waals surface area contributed by atoms with E-state index in [0.29, 0.717) is 6.42 Å². The van der Waals surface area contributed by atoms with Crippen molar-refractivity contribution in [1.29, 1.82) is 0 Å². The van der Waals surface area contributed by atoms with Crippen LogP contribution in [0.15, 0.2) is 16.8 Å². The second kappa shape index (κ2) is 6.43. The molecule has 0 saturated heterocycles. The summed E-state index contributed by atoms with van der Waals surface area (Å²) in [6.45, 7) is 9.14. The van der Waals surface area contributed by atoms with Gasteiger partial charge in [-0.3, -0.25) is 9.79 Å². The molecule has 0 rings (SSSR count). The molecule has 0 aromatic rings. The van der Waals surface area contributed by atoms with Crippen molar-refractivity contribution in [3.8, 4) is 0 Å². The molecule has 0 aromatic heterocycles. The van der Waals surface area contributed by atoms with Gasteiger partial charge < -0.3 is 10.5 Å². The number of hydrogen-bond acceptors (Lipinski definition) is 4. The number of rotatable bonds is 4. The molecule has 0 aromatic carbocycles. The molecular formula is C12H22N2O2. The predicted molar refractivity (Wildman–Crippen MR) is 66.4 cm³/mol. The predicted octanol–water partition coefficient (Wildman–Crippen LogP) is 2.04. The number of nitrogens with zero attached hydrogens (tertiary/aromatic N) is 1. The lowest BCUT2D eigenvalue weighted by Crippen LogP contribution is -2.37. The fourth-order valence-electron chi connectivity index (χ4n) is 1.10. The number of hydrogen-bond donors (Lipinski definition) is 1. The number of allylic oxidation sites excluding steroid dienone is 1. The lowest BCUT2D eigenvalue weighted by Gasteiger charge is -2.22. The molecule has 4 nitrogen and oxygen atoms in total. The van der Waals surface area contributed by atoms with E-state index in [9.17, 15) is 4.79 Å². The highest BCUT2D eigenvalue weighted by Crippen LogP contribution is 2.12. The van der Waals surface area contributed by atoms with Crippen LogP contribution in [0.25, 0.3) is 0 Å². The number of ether oxygens (including phenoxy) is 1. The summed E-state index contributed by atoms with van der Waals surface area (Å²) < 4.78 is 5.18. The highest BCUT2D eigenvalue weighted by Gasteiger charge is 2.22. The monoisotopic (exact) mass is 226 g/mol.